The number of nitrogens with two attached hydrogens (primary N) is 1. The molecule has 0 radical (unpaired) electrons. The molecule has 1 heterocycles. The van der Waals surface area contributed by atoms with Gasteiger partial charge in [0.05, 0.1) is 22.4 Å². The van der Waals surface area contributed by atoms with E-state index in [9.17, 15) is 0 Å². The highest BCUT2D eigenvalue weighted by Gasteiger charge is 2.40. The summed E-state index contributed by atoms with van der Waals surface area (Å²) < 4.78 is 6.39. The van der Waals surface area contributed by atoms with Crippen molar-refractivity contribution in [3.63, 3.8) is 0 Å². The Balaban J connectivity index is 1.53. The van der Waals surface area contributed by atoms with Gasteiger partial charge in [-0.3, -0.25) is 0 Å². The van der Waals surface area contributed by atoms with Gasteiger partial charge in [0.25, 0.3) is 0 Å². The van der Waals surface area contributed by atoms with Gasteiger partial charge in [-0.25, -0.2) is 0 Å². The van der Waals surface area contributed by atoms with Gasteiger partial charge in [0, 0.05) is 10.6 Å². The lowest BCUT2D eigenvalue weighted by Gasteiger charge is -2.33. The molecule has 0 bridgehead atoms. The summed E-state index contributed by atoms with van der Waals surface area (Å²) in [6.07, 6.45) is 9.45. The summed E-state index contributed by atoms with van der Waals surface area (Å²) in [6.45, 7) is 0. The topological polar surface area (TPSA) is 35.2 Å². The molecule has 1 saturated heterocycles. The third-order valence-corrected chi connectivity index (χ3v) is 5.96. The third-order valence-electron chi connectivity index (χ3n) is 4.51. The fourth-order valence-electron chi connectivity index (χ4n) is 3.36. The zero-order valence-electron chi connectivity index (χ0n) is 11.7. The predicted octanol–water partition coefficient (Wildman–Crippen LogP) is 4.90. The molecule has 2 nitrogen and oxygen atoms in total. The Morgan fingerprint density at radius 3 is 2.80 bits per heavy atom. The Labute approximate surface area is 130 Å². The van der Waals surface area contributed by atoms with Crippen molar-refractivity contribution in [3.05, 3.63) is 23.2 Å². The van der Waals surface area contributed by atoms with Crippen molar-refractivity contribution in [2.75, 3.05) is 11.5 Å². The van der Waals surface area contributed by atoms with E-state index in [1.807, 2.05) is 30.0 Å². The van der Waals surface area contributed by atoms with E-state index in [1.54, 1.807) is 0 Å². The van der Waals surface area contributed by atoms with E-state index >= 15 is 0 Å². The molecule has 1 atom stereocenters. The lowest BCUT2D eigenvalue weighted by atomic mass is 9.83. The fraction of sp³-hybridized carbons (Fsp3) is 0.625. The maximum absolute atomic E-state index is 6.39. The molecule has 2 N–H and O–H groups in total. The highest BCUT2D eigenvalue weighted by Crippen LogP contribution is 2.43. The van der Waals surface area contributed by atoms with E-state index in [2.05, 4.69) is 0 Å². The molecule has 4 heteroatoms. The Morgan fingerprint density at radius 1 is 1.25 bits per heavy atom. The van der Waals surface area contributed by atoms with E-state index in [1.165, 1.54) is 49.8 Å². The summed E-state index contributed by atoms with van der Waals surface area (Å²) in [5, 5.41) is 0.645. The lowest BCUT2D eigenvalue weighted by molar-refractivity contribution is -0.0555. The minimum Gasteiger partial charge on any atom is -0.398 e. The molecule has 1 unspecified atom stereocenters. The second-order valence-corrected chi connectivity index (χ2v) is 7.52. The monoisotopic (exact) mass is 311 g/mol. The van der Waals surface area contributed by atoms with Gasteiger partial charge < -0.3 is 10.5 Å². The van der Waals surface area contributed by atoms with E-state index in [-0.39, 0.29) is 5.60 Å². The van der Waals surface area contributed by atoms with E-state index in [0.29, 0.717) is 16.8 Å². The number of anilines is 1. The average molecular weight is 312 g/mol. The number of rotatable bonds is 3. The van der Waals surface area contributed by atoms with Gasteiger partial charge in [0.2, 0.25) is 0 Å². The molecule has 2 fully saturated rings. The maximum Gasteiger partial charge on any atom is 0.0687 e. The first-order chi connectivity index (χ1) is 9.67. The van der Waals surface area contributed by atoms with Crippen LogP contribution in [0.15, 0.2) is 23.1 Å². The zero-order valence-corrected chi connectivity index (χ0v) is 13.3. The van der Waals surface area contributed by atoms with Crippen LogP contribution in [0.3, 0.4) is 0 Å². The highest BCUT2D eigenvalue weighted by atomic mass is 35.5. The molecule has 2 aliphatic rings. The normalized spacial score (nSPS) is 25.1. The molecule has 1 spiro atoms. The second kappa shape index (κ2) is 6.17. The Kier molecular flexibility index (Phi) is 4.49. The zero-order chi connectivity index (χ0) is 14.0. The first-order valence-corrected chi connectivity index (χ1v) is 8.89. The highest BCUT2D eigenvalue weighted by molar-refractivity contribution is 7.99. The van der Waals surface area contributed by atoms with Gasteiger partial charge >= 0.3 is 0 Å². The van der Waals surface area contributed by atoms with Crippen molar-refractivity contribution >= 4 is 29.1 Å². The maximum atomic E-state index is 6.39. The summed E-state index contributed by atoms with van der Waals surface area (Å²) >= 11 is 7.88. The van der Waals surface area contributed by atoms with Crippen LogP contribution in [0.25, 0.3) is 0 Å². The van der Waals surface area contributed by atoms with Crippen LogP contribution in [0, 0.1) is 0 Å². The van der Waals surface area contributed by atoms with Crippen molar-refractivity contribution in [2.45, 2.75) is 61.5 Å². The quantitative estimate of drug-likeness (QED) is 0.637. The van der Waals surface area contributed by atoms with Crippen molar-refractivity contribution in [2.24, 2.45) is 0 Å². The van der Waals surface area contributed by atoms with Crippen molar-refractivity contribution in [3.8, 4) is 0 Å². The summed E-state index contributed by atoms with van der Waals surface area (Å²) in [4.78, 5) is 1.18. The molecule has 1 saturated carbocycles. The molecule has 20 heavy (non-hydrogen) atoms. The number of halogens is 1. The van der Waals surface area contributed by atoms with Crippen LogP contribution < -0.4 is 5.73 Å². The van der Waals surface area contributed by atoms with Gasteiger partial charge in [-0.05, 0) is 43.9 Å². The van der Waals surface area contributed by atoms with Gasteiger partial charge in [-0.2, -0.15) is 0 Å². The van der Waals surface area contributed by atoms with Gasteiger partial charge in [0.1, 0.15) is 0 Å². The molecular weight excluding hydrogens is 290 g/mol. The minimum atomic E-state index is 0.224. The van der Waals surface area contributed by atoms with Crippen LogP contribution >= 0.6 is 23.4 Å². The molecule has 1 aliphatic carbocycles. The van der Waals surface area contributed by atoms with Crippen LogP contribution in [0.1, 0.15) is 44.9 Å². The molecule has 0 aromatic heterocycles. The van der Waals surface area contributed by atoms with Crippen LogP contribution in [0.5, 0.6) is 0 Å². The standard InChI is InChI=1S/C16H22ClNOS/c17-14-10-13(4-5-15(14)18)20-11-12-6-9-16(19-12)7-2-1-3-8-16/h4-5,10,12H,1-3,6-9,11,18H2. The molecular formula is C16H22ClNOS. The van der Waals surface area contributed by atoms with E-state index in [4.69, 9.17) is 22.1 Å². The molecule has 110 valence electrons. The molecule has 3 rings (SSSR count). The fourth-order valence-corrected chi connectivity index (χ4v) is 4.59. The average Bonchev–Trinajstić information content (AvgIpc) is 2.84. The Bertz CT molecular complexity index is 474. The van der Waals surface area contributed by atoms with Gasteiger partial charge in [-0.1, -0.05) is 30.9 Å². The number of hydrogen-bond donors (Lipinski definition) is 1. The summed E-state index contributed by atoms with van der Waals surface area (Å²) in [5.74, 6) is 1.02. The first kappa shape index (κ1) is 14.6. The minimum absolute atomic E-state index is 0.224. The van der Waals surface area contributed by atoms with Crippen LogP contribution in [-0.2, 0) is 4.74 Å². The largest absolute Gasteiger partial charge is 0.398 e. The van der Waals surface area contributed by atoms with Gasteiger partial charge in [-0.15, -0.1) is 11.8 Å². The first-order valence-electron chi connectivity index (χ1n) is 7.53. The van der Waals surface area contributed by atoms with Crippen LogP contribution in [0.2, 0.25) is 5.02 Å². The molecule has 0 amide bonds. The smallest absolute Gasteiger partial charge is 0.0687 e. The van der Waals surface area contributed by atoms with Gasteiger partial charge in [0.15, 0.2) is 0 Å². The third kappa shape index (κ3) is 3.26. The number of ether oxygens (including phenoxy) is 1. The number of nitrogen functional groups attached to an aromatic ring is 1. The van der Waals surface area contributed by atoms with E-state index < -0.39 is 0 Å². The van der Waals surface area contributed by atoms with Crippen LogP contribution in [-0.4, -0.2) is 17.5 Å². The van der Waals surface area contributed by atoms with E-state index in [0.717, 1.165) is 5.75 Å². The number of benzene rings is 1. The van der Waals surface area contributed by atoms with Crippen molar-refractivity contribution in [1.82, 2.24) is 0 Å². The van der Waals surface area contributed by atoms with Crippen molar-refractivity contribution < 1.29 is 4.74 Å². The Morgan fingerprint density at radius 2 is 2.05 bits per heavy atom. The Hall–Kier alpha value is -0.380. The number of hydrogen-bond acceptors (Lipinski definition) is 3. The number of thioether (sulfide) groups is 1. The summed E-state index contributed by atoms with van der Waals surface area (Å²) in [5.41, 5.74) is 6.61. The second-order valence-electron chi connectivity index (χ2n) is 6.02. The lowest BCUT2D eigenvalue weighted by Crippen LogP contribution is -2.32. The summed E-state index contributed by atoms with van der Waals surface area (Å²) in [7, 11) is 0. The molecule has 1 aromatic rings. The molecule has 1 aliphatic heterocycles. The summed E-state index contributed by atoms with van der Waals surface area (Å²) in [6, 6.07) is 5.87. The molecule has 1 aromatic carbocycles. The predicted molar refractivity (Wildman–Crippen MR) is 86.5 cm³/mol. The van der Waals surface area contributed by atoms with Crippen LogP contribution in [0.4, 0.5) is 5.69 Å². The van der Waals surface area contributed by atoms with Crippen molar-refractivity contribution in [1.29, 1.82) is 0 Å². The SMILES string of the molecule is Nc1ccc(SCC2CCC3(CCCCC3)O2)cc1Cl.